The lowest BCUT2D eigenvalue weighted by molar-refractivity contribution is 1.08. The molecule has 0 spiro atoms. The minimum absolute atomic E-state index is 0.563. The zero-order valence-electron chi connectivity index (χ0n) is 34.9. The van der Waals surface area contributed by atoms with Gasteiger partial charge in [0.15, 0.2) is 17.5 Å². The van der Waals surface area contributed by atoms with Crippen LogP contribution in [0.25, 0.3) is 101 Å². The highest BCUT2D eigenvalue weighted by Crippen LogP contribution is 2.36. The number of hydrogen-bond acceptors (Lipinski definition) is 5. The Hall–Kier alpha value is -8.03. The predicted molar refractivity (Wildman–Crippen MR) is 253 cm³/mol. The number of hydrogen-bond donors (Lipinski definition) is 0. The summed E-state index contributed by atoms with van der Waals surface area (Å²) in [6.45, 7) is 8.53. The van der Waals surface area contributed by atoms with E-state index in [9.17, 15) is 0 Å². The van der Waals surface area contributed by atoms with Crippen LogP contribution in [-0.2, 0) is 0 Å². The van der Waals surface area contributed by atoms with Gasteiger partial charge >= 0.3 is 0 Å². The number of aryl methyl sites for hydroxylation is 4. The first-order valence-corrected chi connectivity index (χ1v) is 20.9. The molecule has 3 aromatic heterocycles. The second-order valence-electron chi connectivity index (χ2n) is 16.2. The van der Waals surface area contributed by atoms with E-state index >= 15 is 0 Å². The molecule has 0 aliphatic carbocycles. The van der Waals surface area contributed by atoms with Gasteiger partial charge in [0.2, 0.25) is 0 Å². The zero-order chi connectivity index (χ0) is 41.9. The molecule has 0 N–H and O–H groups in total. The van der Waals surface area contributed by atoms with Crippen LogP contribution >= 0.6 is 0 Å². The molecule has 3 heterocycles. The molecule has 0 saturated carbocycles. The van der Waals surface area contributed by atoms with Gasteiger partial charge in [-0.2, -0.15) is 0 Å². The fraction of sp³-hybridized carbons (Fsp3) is 0.0727. The van der Waals surface area contributed by atoms with Crippen molar-refractivity contribution in [1.82, 2.24) is 34.1 Å². The van der Waals surface area contributed by atoms with Gasteiger partial charge in [0.05, 0.1) is 22.1 Å². The highest BCUT2D eigenvalue weighted by molar-refractivity contribution is 5.96. The Morgan fingerprint density at radius 3 is 1.27 bits per heavy atom. The van der Waals surface area contributed by atoms with Crippen LogP contribution in [0.2, 0.25) is 0 Å². The van der Waals surface area contributed by atoms with E-state index in [0.717, 1.165) is 83.7 Å². The van der Waals surface area contributed by atoms with Gasteiger partial charge in [-0.25, -0.2) is 24.9 Å². The summed E-state index contributed by atoms with van der Waals surface area (Å²) in [4.78, 5) is 26.3. The van der Waals surface area contributed by atoms with Crippen molar-refractivity contribution in [3.63, 3.8) is 0 Å². The smallest absolute Gasteiger partial charge is 0.164 e. The third-order valence-corrected chi connectivity index (χ3v) is 11.5. The van der Waals surface area contributed by atoms with Crippen molar-refractivity contribution in [2.75, 3.05) is 0 Å². The van der Waals surface area contributed by atoms with Crippen molar-refractivity contribution in [3.05, 3.63) is 198 Å². The summed E-state index contributed by atoms with van der Waals surface area (Å²) in [6.07, 6.45) is 0. The molecule has 0 radical (unpaired) electrons. The molecule has 8 aromatic carbocycles. The fourth-order valence-electron chi connectivity index (χ4n) is 8.89. The maximum Gasteiger partial charge on any atom is 0.164 e. The van der Waals surface area contributed by atoms with Gasteiger partial charge in [-0.15, -0.1) is 0 Å². The van der Waals surface area contributed by atoms with E-state index in [4.69, 9.17) is 24.9 Å². The summed E-state index contributed by atoms with van der Waals surface area (Å²) in [6, 6.07) is 61.4. The SMILES string of the molecule is Cc1cc(C)cc(-c2nc3cc(-c4nc(-c5ccc6c(c5)nc(-c5cc(C)cc(C)c5)n6-c5ccccc5)nc(-c5cccc6ccccc56)n4)ccc3n2-c2ccccc2)c1. The third-order valence-electron chi connectivity index (χ3n) is 11.5. The van der Waals surface area contributed by atoms with Gasteiger partial charge in [-0.1, -0.05) is 113 Å². The summed E-state index contributed by atoms with van der Waals surface area (Å²) in [7, 11) is 0. The molecular weight excluding hydrogens is 759 g/mol. The van der Waals surface area contributed by atoms with Gasteiger partial charge in [0, 0.05) is 39.2 Å². The molecule has 0 atom stereocenters. The molecule has 11 aromatic rings. The van der Waals surface area contributed by atoms with Crippen molar-refractivity contribution in [3.8, 4) is 68.3 Å². The third kappa shape index (κ3) is 6.61. The highest BCUT2D eigenvalue weighted by Gasteiger charge is 2.21. The van der Waals surface area contributed by atoms with Crippen LogP contribution in [0.1, 0.15) is 22.3 Å². The number of aromatic nitrogens is 7. The minimum atomic E-state index is 0.563. The number of nitrogens with zero attached hydrogens (tertiary/aromatic N) is 7. The maximum absolute atomic E-state index is 5.32. The van der Waals surface area contributed by atoms with E-state index in [2.05, 4.69) is 201 Å². The average Bonchev–Trinajstić information content (AvgIpc) is 3.87. The highest BCUT2D eigenvalue weighted by atomic mass is 15.1. The van der Waals surface area contributed by atoms with Crippen molar-refractivity contribution in [2.24, 2.45) is 0 Å². The molecule has 0 aliphatic rings. The summed E-state index contributed by atoms with van der Waals surface area (Å²) in [5.41, 5.74) is 15.3. The molecule has 296 valence electrons. The fourth-order valence-corrected chi connectivity index (χ4v) is 8.89. The van der Waals surface area contributed by atoms with E-state index in [1.807, 2.05) is 12.1 Å². The van der Waals surface area contributed by atoms with Crippen LogP contribution in [-0.4, -0.2) is 34.1 Å². The van der Waals surface area contributed by atoms with E-state index in [1.54, 1.807) is 0 Å². The Labute approximate surface area is 359 Å². The Balaban J connectivity index is 1.11. The van der Waals surface area contributed by atoms with Crippen molar-refractivity contribution >= 4 is 32.8 Å². The van der Waals surface area contributed by atoms with Crippen LogP contribution in [0.4, 0.5) is 0 Å². The molecule has 0 saturated heterocycles. The number of para-hydroxylation sites is 2. The Morgan fingerprint density at radius 2 is 0.774 bits per heavy atom. The van der Waals surface area contributed by atoms with E-state index in [0.29, 0.717) is 17.5 Å². The number of imidazole rings is 2. The van der Waals surface area contributed by atoms with Crippen LogP contribution in [0, 0.1) is 27.7 Å². The second kappa shape index (κ2) is 14.9. The Kier molecular flexibility index (Phi) is 8.90. The lowest BCUT2D eigenvalue weighted by atomic mass is 10.0. The monoisotopic (exact) mass is 799 g/mol. The molecule has 7 heteroatoms. The van der Waals surface area contributed by atoms with Crippen LogP contribution in [0.3, 0.4) is 0 Å². The minimum Gasteiger partial charge on any atom is -0.292 e. The largest absolute Gasteiger partial charge is 0.292 e. The molecule has 11 rings (SSSR count). The number of fused-ring (bicyclic) bond motifs is 3. The quantitative estimate of drug-likeness (QED) is 0.160. The van der Waals surface area contributed by atoms with Gasteiger partial charge in [-0.05, 0) is 123 Å². The van der Waals surface area contributed by atoms with E-state index < -0.39 is 0 Å². The Bertz CT molecular complexity index is 3270. The van der Waals surface area contributed by atoms with Crippen molar-refractivity contribution < 1.29 is 0 Å². The normalized spacial score (nSPS) is 11.5. The van der Waals surface area contributed by atoms with Crippen LogP contribution in [0.15, 0.2) is 176 Å². The summed E-state index contributed by atoms with van der Waals surface area (Å²) in [5, 5.41) is 2.19. The van der Waals surface area contributed by atoms with E-state index in [1.165, 1.54) is 22.3 Å². The van der Waals surface area contributed by atoms with Crippen molar-refractivity contribution in [1.29, 1.82) is 0 Å². The lowest BCUT2D eigenvalue weighted by Crippen LogP contribution is -2.01. The Morgan fingerprint density at radius 1 is 0.339 bits per heavy atom. The number of rotatable bonds is 7. The molecule has 0 fully saturated rings. The first-order valence-electron chi connectivity index (χ1n) is 20.9. The zero-order valence-corrected chi connectivity index (χ0v) is 34.9. The number of benzene rings is 8. The topological polar surface area (TPSA) is 74.3 Å². The average molecular weight is 800 g/mol. The standard InChI is InChI=1S/C55H41N7/c1-34-26-35(2)29-41(28-34)54-56-47-32-39(22-24-49(47)61(54)43-16-7-5-8-17-43)51-58-52(60-53(59-51)46-21-13-15-38-14-11-12-20-45(38)46)40-23-25-50-48(33-40)57-55(42-30-36(3)27-37(4)31-42)62(50)44-18-9-6-10-19-44/h5-33H,1-4H3. The molecule has 0 bridgehead atoms. The lowest BCUT2D eigenvalue weighted by Gasteiger charge is -2.12. The molecule has 7 nitrogen and oxygen atoms in total. The van der Waals surface area contributed by atoms with Crippen LogP contribution in [0.5, 0.6) is 0 Å². The van der Waals surface area contributed by atoms with Crippen LogP contribution < -0.4 is 0 Å². The maximum atomic E-state index is 5.32. The van der Waals surface area contributed by atoms with E-state index in [-0.39, 0.29) is 0 Å². The summed E-state index contributed by atoms with van der Waals surface area (Å²) < 4.78 is 4.48. The summed E-state index contributed by atoms with van der Waals surface area (Å²) >= 11 is 0. The molecule has 0 amide bonds. The van der Waals surface area contributed by atoms with Crippen molar-refractivity contribution in [2.45, 2.75) is 27.7 Å². The first-order chi connectivity index (χ1) is 30.3. The summed E-state index contributed by atoms with van der Waals surface area (Å²) in [5.74, 6) is 3.48. The predicted octanol–water partition coefficient (Wildman–Crippen LogP) is 13.3. The first kappa shape index (κ1) is 37.0. The second-order valence-corrected chi connectivity index (χ2v) is 16.2. The van der Waals surface area contributed by atoms with Gasteiger partial charge < -0.3 is 0 Å². The molecule has 62 heavy (non-hydrogen) atoms. The molecule has 0 unspecified atom stereocenters. The van der Waals surface area contributed by atoms with Gasteiger partial charge in [-0.3, -0.25) is 9.13 Å². The molecular formula is C55H41N7. The van der Waals surface area contributed by atoms with Gasteiger partial charge in [0.1, 0.15) is 11.6 Å². The van der Waals surface area contributed by atoms with Gasteiger partial charge in [0.25, 0.3) is 0 Å². The molecule has 0 aliphatic heterocycles.